The predicted molar refractivity (Wildman–Crippen MR) is 67.2 cm³/mol. The molecule has 0 aromatic heterocycles. The maximum absolute atomic E-state index is 13.7. The van der Waals surface area contributed by atoms with Gasteiger partial charge in [0.1, 0.15) is 5.69 Å². The number of hydrogen-bond acceptors (Lipinski definition) is 4. The van der Waals surface area contributed by atoms with Gasteiger partial charge in [0.25, 0.3) is 5.69 Å². The van der Waals surface area contributed by atoms with Gasteiger partial charge in [-0.15, -0.1) is 0 Å². The highest BCUT2D eigenvalue weighted by Crippen LogP contribution is 2.27. The fraction of sp³-hybridized carbons (Fsp3) is 0.500. The molecule has 0 saturated carbocycles. The number of aliphatic hydroxyl groups is 1. The van der Waals surface area contributed by atoms with Crippen molar-refractivity contribution in [2.24, 2.45) is 0 Å². The van der Waals surface area contributed by atoms with E-state index in [4.69, 9.17) is 5.11 Å². The molecule has 0 saturated heterocycles. The lowest BCUT2D eigenvalue weighted by Crippen LogP contribution is -2.21. The topological polar surface area (TPSA) is 66.6 Å². The Hall–Kier alpha value is -1.76. The molecule has 0 atom stereocenters. The molecule has 0 aliphatic carbocycles. The second kappa shape index (κ2) is 6.98. The summed E-state index contributed by atoms with van der Waals surface area (Å²) in [6.07, 6.45) is 2.06. The van der Waals surface area contributed by atoms with E-state index in [1.807, 2.05) is 0 Å². The normalized spacial score (nSPS) is 10.5. The minimum atomic E-state index is -0.948. The molecule has 106 valence electrons. The maximum atomic E-state index is 13.7. The average molecular weight is 274 g/mol. The molecule has 1 rings (SSSR count). The summed E-state index contributed by atoms with van der Waals surface area (Å²) in [5.74, 6) is -1.90. The Morgan fingerprint density at radius 3 is 2.32 bits per heavy atom. The van der Waals surface area contributed by atoms with Crippen molar-refractivity contribution in [1.29, 1.82) is 0 Å². The molecule has 0 heterocycles. The molecule has 5 nitrogen and oxygen atoms in total. The van der Waals surface area contributed by atoms with E-state index >= 15 is 0 Å². The van der Waals surface area contributed by atoms with Gasteiger partial charge in [-0.2, -0.15) is 0 Å². The zero-order valence-corrected chi connectivity index (χ0v) is 10.6. The number of aliphatic hydroxyl groups excluding tert-OH is 1. The number of nitro benzene ring substituents is 1. The van der Waals surface area contributed by atoms with Crippen molar-refractivity contribution in [2.75, 3.05) is 25.1 Å². The second-order valence-corrected chi connectivity index (χ2v) is 4.22. The Morgan fingerprint density at radius 2 is 1.84 bits per heavy atom. The standard InChI is InChI=1S/C12H16F2N2O3/c1-15(5-3-2-4-6-17)12-10(13)7-9(16(18)19)8-11(12)14/h7-8,17H,2-6H2,1H3. The summed E-state index contributed by atoms with van der Waals surface area (Å²) in [4.78, 5) is 11.0. The van der Waals surface area contributed by atoms with E-state index in [9.17, 15) is 18.9 Å². The van der Waals surface area contributed by atoms with Crippen molar-refractivity contribution >= 4 is 11.4 Å². The van der Waals surface area contributed by atoms with Gasteiger partial charge in [0.15, 0.2) is 11.6 Å². The van der Waals surface area contributed by atoms with E-state index in [1.165, 1.54) is 11.9 Å². The molecular formula is C12H16F2N2O3. The first kappa shape index (κ1) is 15.3. The van der Waals surface area contributed by atoms with Gasteiger partial charge in [-0.3, -0.25) is 10.1 Å². The highest BCUT2D eigenvalue weighted by molar-refractivity contribution is 5.53. The highest BCUT2D eigenvalue weighted by Gasteiger charge is 2.19. The molecule has 0 amide bonds. The third kappa shape index (κ3) is 4.13. The molecule has 1 N–H and O–H groups in total. The van der Waals surface area contributed by atoms with Crippen LogP contribution in [-0.2, 0) is 0 Å². The summed E-state index contributed by atoms with van der Waals surface area (Å²) in [7, 11) is 1.52. The largest absolute Gasteiger partial charge is 0.396 e. The van der Waals surface area contributed by atoms with Crippen LogP contribution in [0.3, 0.4) is 0 Å². The molecule has 0 aliphatic rings. The van der Waals surface area contributed by atoms with E-state index in [1.54, 1.807) is 0 Å². The number of non-ortho nitro benzene ring substituents is 1. The number of benzene rings is 1. The molecule has 0 aliphatic heterocycles. The maximum Gasteiger partial charge on any atom is 0.275 e. The monoisotopic (exact) mass is 274 g/mol. The van der Waals surface area contributed by atoms with Gasteiger partial charge in [0, 0.05) is 20.2 Å². The van der Waals surface area contributed by atoms with E-state index in [-0.39, 0.29) is 12.3 Å². The fourth-order valence-electron chi connectivity index (χ4n) is 1.77. The van der Waals surface area contributed by atoms with Crippen LogP contribution in [0, 0.1) is 21.7 Å². The average Bonchev–Trinajstić information content (AvgIpc) is 2.33. The van der Waals surface area contributed by atoms with Crippen LogP contribution in [-0.4, -0.2) is 30.2 Å². The Labute approximate surface area is 109 Å². The van der Waals surface area contributed by atoms with Gasteiger partial charge in [-0.1, -0.05) is 0 Å². The Bertz CT molecular complexity index is 432. The van der Waals surface area contributed by atoms with Crippen molar-refractivity contribution in [2.45, 2.75) is 19.3 Å². The first-order chi connectivity index (χ1) is 8.97. The van der Waals surface area contributed by atoms with Crippen molar-refractivity contribution in [1.82, 2.24) is 0 Å². The number of anilines is 1. The zero-order chi connectivity index (χ0) is 14.4. The lowest BCUT2D eigenvalue weighted by atomic mass is 10.2. The number of nitro groups is 1. The molecular weight excluding hydrogens is 258 g/mol. The molecule has 0 fully saturated rings. The molecule has 19 heavy (non-hydrogen) atoms. The van der Waals surface area contributed by atoms with Gasteiger partial charge in [0.05, 0.1) is 17.1 Å². The van der Waals surface area contributed by atoms with E-state index in [0.717, 1.165) is 6.42 Å². The smallest absolute Gasteiger partial charge is 0.275 e. The van der Waals surface area contributed by atoms with Crippen LogP contribution in [0.4, 0.5) is 20.2 Å². The first-order valence-corrected chi connectivity index (χ1v) is 5.92. The summed E-state index contributed by atoms with van der Waals surface area (Å²) in [5, 5.41) is 19.1. The molecule has 1 aromatic carbocycles. The molecule has 0 spiro atoms. The lowest BCUT2D eigenvalue weighted by Gasteiger charge is -2.20. The Morgan fingerprint density at radius 1 is 1.26 bits per heavy atom. The molecule has 0 unspecified atom stereocenters. The highest BCUT2D eigenvalue weighted by atomic mass is 19.1. The van der Waals surface area contributed by atoms with Crippen LogP contribution < -0.4 is 4.90 Å². The van der Waals surface area contributed by atoms with Crippen molar-refractivity contribution < 1.29 is 18.8 Å². The third-order valence-corrected chi connectivity index (χ3v) is 2.75. The summed E-state index contributed by atoms with van der Waals surface area (Å²) >= 11 is 0. The number of halogens is 2. The second-order valence-electron chi connectivity index (χ2n) is 4.22. The minimum absolute atomic E-state index is 0.0873. The third-order valence-electron chi connectivity index (χ3n) is 2.75. The van der Waals surface area contributed by atoms with Gasteiger partial charge >= 0.3 is 0 Å². The molecule has 1 aromatic rings. The van der Waals surface area contributed by atoms with Crippen molar-refractivity contribution in [3.8, 4) is 0 Å². The number of rotatable bonds is 7. The summed E-state index contributed by atoms with van der Waals surface area (Å²) in [6.45, 7) is 0.496. The quantitative estimate of drug-likeness (QED) is 0.471. The van der Waals surface area contributed by atoms with Crippen molar-refractivity contribution in [3.05, 3.63) is 33.9 Å². The Balaban J connectivity index is 2.79. The van der Waals surface area contributed by atoms with Gasteiger partial charge in [0.2, 0.25) is 0 Å². The van der Waals surface area contributed by atoms with Crippen LogP contribution in [0.5, 0.6) is 0 Å². The van der Waals surface area contributed by atoms with Crippen molar-refractivity contribution in [3.63, 3.8) is 0 Å². The minimum Gasteiger partial charge on any atom is -0.396 e. The molecule has 7 heteroatoms. The SMILES string of the molecule is CN(CCCCCO)c1c(F)cc([N+](=O)[O-])cc1F. The summed E-state index contributed by atoms with van der Waals surface area (Å²) in [6, 6.07) is 1.42. The fourth-order valence-corrected chi connectivity index (χ4v) is 1.77. The van der Waals surface area contributed by atoms with Crippen LogP contribution in [0.15, 0.2) is 12.1 Å². The first-order valence-electron chi connectivity index (χ1n) is 5.92. The van der Waals surface area contributed by atoms with Gasteiger partial charge in [-0.05, 0) is 19.3 Å². The van der Waals surface area contributed by atoms with Crippen LogP contribution in [0.1, 0.15) is 19.3 Å². The summed E-state index contributed by atoms with van der Waals surface area (Å²) in [5.41, 5.74) is -0.873. The van der Waals surface area contributed by atoms with E-state index in [2.05, 4.69) is 0 Å². The number of unbranched alkanes of at least 4 members (excludes halogenated alkanes) is 2. The van der Waals surface area contributed by atoms with E-state index in [0.29, 0.717) is 31.5 Å². The summed E-state index contributed by atoms with van der Waals surface area (Å²) < 4.78 is 27.3. The van der Waals surface area contributed by atoms with E-state index < -0.39 is 22.2 Å². The van der Waals surface area contributed by atoms with Crippen LogP contribution in [0.25, 0.3) is 0 Å². The number of hydrogen-bond donors (Lipinski definition) is 1. The van der Waals surface area contributed by atoms with Gasteiger partial charge < -0.3 is 10.0 Å². The molecule has 0 bridgehead atoms. The lowest BCUT2D eigenvalue weighted by molar-refractivity contribution is -0.385. The number of nitrogens with zero attached hydrogens (tertiary/aromatic N) is 2. The van der Waals surface area contributed by atoms with Gasteiger partial charge in [-0.25, -0.2) is 8.78 Å². The molecule has 0 radical (unpaired) electrons. The zero-order valence-electron chi connectivity index (χ0n) is 10.6. The Kier molecular flexibility index (Phi) is 5.62. The van der Waals surface area contributed by atoms with Crippen LogP contribution >= 0.6 is 0 Å². The van der Waals surface area contributed by atoms with Crippen LogP contribution in [0.2, 0.25) is 0 Å². The predicted octanol–water partition coefficient (Wildman–Crippen LogP) is 2.47.